The summed E-state index contributed by atoms with van der Waals surface area (Å²) >= 11 is 0. The molecule has 0 aromatic heterocycles. The summed E-state index contributed by atoms with van der Waals surface area (Å²) in [6.07, 6.45) is 5.27. The molecule has 3 aliphatic rings. The van der Waals surface area contributed by atoms with Crippen LogP contribution in [0.15, 0.2) is 0 Å². The molecular weight excluding hydrogens is 192 g/mol. The van der Waals surface area contributed by atoms with Crippen molar-refractivity contribution in [2.75, 3.05) is 13.1 Å². The van der Waals surface area contributed by atoms with Crippen molar-refractivity contribution >= 4 is 5.91 Å². The van der Waals surface area contributed by atoms with E-state index in [2.05, 4.69) is 10.6 Å². The third kappa shape index (κ3) is 1.66. The van der Waals surface area contributed by atoms with Crippen LogP contribution < -0.4 is 10.6 Å². The largest absolute Gasteiger partial charge is 0.359 e. The van der Waals surface area contributed by atoms with E-state index in [-0.39, 0.29) is 17.6 Å². The molecule has 1 spiro atoms. The Kier molecular flexibility index (Phi) is 2.21. The predicted octanol–water partition coefficient (Wildman–Crippen LogP) is 0.176. The van der Waals surface area contributed by atoms with E-state index in [4.69, 9.17) is 4.74 Å². The van der Waals surface area contributed by atoms with E-state index >= 15 is 0 Å². The molecule has 0 bridgehead atoms. The highest BCUT2D eigenvalue weighted by Gasteiger charge is 2.47. The molecule has 1 amide bonds. The minimum absolute atomic E-state index is 0.00161. The molecule has 15 heavy (non-hydrogen) atoms. The van der Waals surface area contributed by atoms with Crippen LogP contribution in [-0.4, -0.2) is 36.7 Å². The molecule has 0 radical (unpaired) electrons. The van der Waals surface area contributed by atoms with E-state index < -0.39 is 0 Å². The van der Waals surface area contributed by atoms with Crippen LogP contribution in [0.25, 0.3) is 0 Å². The van der Waals surface area contributed by atoms with Gasteiger partial charge >= 0.3 is 0 Å². The molecule has 3 rings (SSSR count). The first kappa shape index (κ1) is 9.60. The van der Waals surface area contributed by atoms with E-state index in [1.807, 2.05) is 0 Å². The summed E-state index contributed by atoms with van der Waals surface area (Å²) in [6.45, 7) is 1.83. The average molecular weight is 210 g/mol. The number of rotatable bonds is 2. The standard InChI is InChI=1S/C11H18N2O2/c14-10(13-8-2-1-3-8)9-4-5-11(15-9)6-12-7-11/h8-9,12H,1-7H2,(H,13,14)/t9-/m0/s1. The average Bonchev–Trinajstić information content (AvgIpc) is 2.54. The lowest BCUT2D eigenvalue weighted by Crippen LogP contribution is -2.60. The van der Waals surface area contributed by atoms with Gasteiger partial charge in [0.1, 0.15) is 6.10 Å². The molecule has 1 aliphatic carbocycles. The van der Waals surface area contributed by atoms with Gasteiger partial charge in [-0.25, -0.2) is 0 Å². The summed E-state index contributed by atoms with van der Waals surface area (Å²) in [5, 5.41) is 6.27. The zero-order valence-corrected chi connectivity index (χ0v) is 8.92. The second-order valence-electron chi connectivity index (χ2n) is 5.07. The molecule has 3 fully saturated rings. The van der Waals surface area contributed by atoms with Gasteiger partial charge in [0.15, 0.2) is 0 Å². The molecule has 4 nitrogen and oxygen atoms in total. The molecule has 2 saturated heterocycles. The summed E-state index contributed by atoms with van der Waals surface area (Å²) in [5.74, 6) is 0.114. The Bertz CT molecular complexity index is 272. The molecule has 0 unspecified atom stereocenters. The number of hydrogen-bond acceptors (Lipinski definition) is 3. The summed E-state index contributed by atoms with van der Waals surface area (Å²) in [5.41, 5.74) is 0.00161. The van der Waals surface area contributed by atoms with Crippen LogP contribution in [0.3, 0.4) is 0 Å². The van der Waals surface area contributed by atoms with Gasteiger partial charge < -0.3 is 15.4 Å². The highest BCUT2D eigenvalue weighted by atomic mass is 16.5. The van der Waals surface area contributed by atoms with Crippen molar-refractivity contribution in [1.29, 1.82) is 0 Å². The topological polar surface area (TPSA) is 50.4 Å². The number of carbonyl (C=O) groups excluding carboxylic acids is 1. The van der Waals surface area contributed by atoms with Gasteiger partial charge in [-0.05, 0) is 32.1 Å². The van der Waals surface area contributed by atoms with Crippen LogP contribution in [-0.2, 0) is 9.53 Å². The van der Waals surface area contributed by atoms with E-state index in [0.717, 1.165) is 38.8 Å². The number of nitrogens with one attached hydrogen (secondary N) is 2. The molecule has 2 N–H and O–H groups in total. The molecule has 0 aromatic carbocycles. The Hall–Kier alpha value is -0.610. The maximum absolute atomic E-state index is 11.8. The van der Waals surface area contributed by atoms with Crippen molar-refractivity contribution in [2.24, 2.45) is 0 Å². The van der Waals surface area contributed by atoms with Crippen molar-refractivity contribution in [3.63, 3.8) is 0 Å². The van der Waals surface area contributed by atoms with E-state index in [1.165, 1.54) is 6.42 Å². The molecule has 2 heterocycles. The van der Waals surface area contributed by atoms with Crippen molar-refractivity contribution in [3.8, 4) is 0 Å². The highest BCUT2D eigenvalue weighted by Crippen LogP contribution is 2.33. The van der Waals surface area contributed by atoms with Gasteiger partial charge in [0.2, 0.25) is 5.91 Å². The fourth-order valence-corrected chi connectivity index (χ4v) is 2.51. The van der Waals surface area contributed by atoms with Gasteiger partial charge in [0, 0.05) is 19.1 Å². The molecule has 1 saturated carbocycles. The number of carbonyl (C=O) groups is 1. The fraction of sp³-hybridized carbons (Fsp3) is 0.909. The third-order valence-electron chi connectivity index (χ3n) is 3.89. The minimum atomic E-state index is -0.187. The lowest BCUT2D eigenvalue weighted by atomic mass is 9.92. The van der Waals surface area contributed by atoms with Gasteiger partial charge in [-0.2, -0.15) is 0 Å². The summed E-state index contributed by atoms with van der Waals surface area (Å²) < 4.78 is 5.84. The number of amides is 1. The van der Waals surface area contributed by atoms with Crippen LogP contribution in [0, 0.1) is 0 Å². The fourth-order valence-electron chi connectivity index (χ4n) is 2.51. The normalized spacial score (nSPS) is 33.5. The lowest BCUT2D eigenvalue weighted by molar-refractivity contribution is -0.141. The van der Waals surface area contributed by atoms with Gasteiger partial charge in [-0.1, -0.05) is 0 Å². The van der Waals surface area contributed by atoms with Crippen molar-refractivity contribution in [1.82, 2.24) is 10.6 Å². The molecule has 84 valence electrons. The van der Waals surface area contributed by atoms with Crippen LogP contribution in [0.5, 0.6) is 0 Å². The van der Waals surface area contributed by atoms with E-state index in [9.17, 15) is 4.79 Å². The van der Waals surface area contributed by atoms with Crippen molar-refractivity contribution < 1.29 is 9.53 Å². The Morgan fingerprint density at radius 2 is 2.13 bits per heavy atom. The minimum Gasteiger partial charge on any atom is -0.359 e. The zero-order valence-electron chi connectivity index (χ0n) is 8.92. The second-order valence-corrected chi connectivity index (χ2v) is 5.07. The van der Waals surface area contributed by atoms with Crippen molar-refractivity contribution in [3.05, 3.63) is 0 Å². The van der Waals surface area contributed by atoms with Crippen molar-refractivity contribution in [2.45, 2.75) is 49.9 Å². The maximum atomic E-state index is 11.8. The van der Waals surface area contributed by atoms with Gasteiger partial charge in [-0.15, -0.1) is 0 Å². The molecule has 0 aromatic rings. The van der Waals surface area contributed by atoms with E-state index in [1.54, 1.807) is 0 Å². The summed E-state index contributed by atoms with van der Waals surface area (Å²) in [6, 6.07) is 0.428. The number of hydrogen-bond donors (Lipinski definition) is 2. The second kappa shape index (κ2) is 3.46. The monoisotopic (exact) mass is 210 g/mol. The highest BCUT2D eigenvalue weighted by molar-refractivity contribution is 5.81. The predicted molar refractivity (Wildman–Crippen MR) is 55.5 cm³/mol. The SMILES string of the molecule is O=C(NC1CCC1)[C@@H]1CCC2(CNC2)O1. The van der Waals surface area contributed by atoms with Gasteiger partial charge in [-0.3, -0.25) is 4.79 Å². The zero-order chi connectivity index (χ0) is 10.3. The first-order valence-electron chi connectivity index (χ1n) is 5.96. The Balaban J connectivity index is 1.52. The van der Waals surface area contributed by atoms with Crippen LogP contribution in [0.4, 0.5) is 0 Å². The lowest BCUT2D eigenvalue weighted by Gasteiger charge is -2.38. The quantitative estimate of drug-likeness (QED) is 0.683. The summed E-state index contributed by atoms with van der Waals surface area (Å²) in [7, 11) is 0. The summed E-state index contributed by atoms with van der Waals surface area (Å²) in [4.78, 5) is 11.8. The molecule has 4 heteroatoms. The van der Waals surface area contributed by atoms with Gasteiger partial charge in [0.25, 0.3) is 0 Å². The Labute approximate surface area is 89.7 Å². The van der Waals surface area contributed by atoms with E-state index in [0.29, 0.717) is 6.04 Å². The smallest absolute Gasteiger partial charge is 0.249 e. The van der Waals surface area contributed by atoms with Gasteiger partial charge in [0.05, 0.1) is 5.60 Å². The third-order valence-corrected chi connectivity index (χ3v) is 3.89. The first-order chi connectivity index (χ1) is 7.27. The molecule has 1 atom stereocenters. The Morgan fingerprint density at radius 1 is 1.33 bits per heavy atom. The van der Waals surface area contributed by atoms with Crippen LogP contribution >= 0.6 is 0 Å². The molecule has 2 aliphatic heterocycles. The number of ether oxygens (including phenoxy) is 1. The molecular formula is C11H18N2O2. The van der Waals surface area contributed by atoms with Crippen LogP contribution in [0.1, 0.15) is 32.1 Å². The van der Waals surface area contributed by atoms with Crippen LogP contribution in [0.2, 0.25) is 0 Å². The Morgan fingerprint density at radius 3 is 2.60 bits per heavy atom. The maximum Gasteiger partial charge on any atom is 0.249 e. The first-order valence-corrected chi connectivity index (χ1v) is 5.96.